The highest BCUT2D eigenvalue weighted by Crippen LogP contribution is 2.51. The lowest BCUT2D eigenvalue weighted by atomic mass is 9.73. The van der Waals surface area contributed by atoms with E-state index in [4.69, 9.17) is 18.9 Å². The minimum atomic E-state index is -0.167. The number of nitrogens with zero attached hydrogens (tertiary/aromatic N) is 3. The molecule has 0 radical (unpaired) electrons. The lowest BCUT2D eigenvalue weighted by molar-refractivity contribution is -0.0922. The highest BCUT2D eigenvalue weighted by atomic mass is 16.7. The van der Waals surface area contributed by atoms with Crippen molar-refractivity contribution in [2.24, 2.45) is 0 Å². The molecule has 1 aliphatic carbocycles. The molecule has 1 saturated heterocycles. The Hall–Kier alpha value is -3.26. The Labute approximate surface area is 204 Å². The molecule has 178 valence electrons. The first kappa shape index (κ1) is 21.1. The summed E-state index contributed by atoms with van der Waals surface area (Å²) in [6, 6.07) is 12.7. The molecule has 0 bridgehead atoms. The minimum Gasteiger partial charge on any atom is -0.454 e. The van der Waals surface area contributed by atoms with E-state index >= 15 is 0 Å². The standard InChI is InChI=1S/C28H27N3O4/c1-3-18(12-29-6-1)15-32-25-9-20-5-8-31-14-21-10-23-24(35-17-34-23)11-22(21)26(27(20)31)28(25)33-16-19-4-2-7-30-13-19/h1-4,6-7,9-13,25-28H,5,8,14-17H2/t25-,26-,27+,28+/m0/s1. The van der Waals surface area contributed by atoms with Crippen molar-refractivity contribution in [1.29, 1.82) is 0 Å². The molecule has 3 aromatic rings. The van der Waals surface area contributed by atoms with Crippen molar-refractivity contribution >= 4 is 0 Å². The molecule has 0 saturated carbocycles. The molecule has 35 heavy (non-hydrogen) atoms. The number of rotatable bonds is 6. The fourth-order valence-corrected chi connectivity index (χ4v) is 6.01. The summed E-state index contributed by atoms with van der Waals surface area (Å²) in [5.41, 5.74) is 6.14. The van der Waals surface area contributed by atoms with E-state index in [1.54, 1.807) is 12.4 Å². The molecule has 5 heterocycles. The van der Waals surface area contributed by atoms with Crippen molar-refractivity contribution in [2.75, 3.05) is 13.3 Å². The van der Waals surface area contributed by atoms with Gasteiger partial charge in [-0.25, -0.2) is 0 Å². The van der Waals surface area contributed by atoms with Crippen LogP contribution in [0.5, 0.6) is 11.5 Å². The molecule has 0 N–H and O–H groups in total. The molecule has 3 aliphatic heterocycles. The van der Waals surface area contributed by atoms with E-state index in [2.05, 4.69) is 39.1 Å². The van der Waals surface area contributed by atoms with Crippen LogP contribution in [-0.4, -0.2) is 46.5 Å². The van der Waals surface area contributed by atoms with E-state index in [0.29, 0.717) is 19.3 Å². The molecular weight excluding hydrogens is 442 g/mol. The largest absolute Gasteiger partial charge is 0.454 e. The van der Waals surface area contributed by atoms with Crippen LogP contribution < -0.4 is 9.47 Å². The lowest BCUT2D eigenvalue weighted by Gasteiger charge is -2.46. The lowest BCUT2D eigenvalue weighted by Crippen LogP contribution is -2.51. The van der Waals surface area contributed by atoms with Gasteiger partial charge in [0.2, 0.25) is 6.79 Å². The molecule has 7 heteroatoms. The van der Waals surface area contributed by atoms with Gasteiger partial charge < -0.3 is 18.9 Å². The quantitative estimate of drug-likeness (QED) is 0.506. The molecule has 7 rings (SSSR count). The molecule has 1 aromatic carbocycles. The van der Waals surface area contributed by atoms with Crippen LogP contribution in [0.4, 0.5) is 0 Å². The smallest absolute Gasteiger partial charge is 0.231 e. The van der Waals surface area contributed by atoms with E-state index in [0.717, 1.165) is 42.1 Å². The third-order valence-corrected chi connectivity index (χ3v) is 7.55. The van der Waals surface area contributed by atoms with Crippen LogP contribution in [0.2, 0.25) is 0 Å². The SMILES string of the molecule is C1=C2CCN3Cc4cc5c(cc4[C@H]([C@H](OCc4cccnc4)[C@H]1OCc1cccnc1)[C@@H]23)OCO5. The topological polar surface area (TPSA) is 65.9 Å². The zero-order valence-electron chi connectivity index (χ0n) is 19.4. The number of fused-ring (bicyclic) bond motifs is 3. The van der Waals surface area contributed by atoms with Crippen molar-refractivity contribution < 1.29 is 18.9 Å². The monoisotopic (exact) mass is 469 g/mol. The van der Waals surface area contributed by atoms with Gasteiger partial charge in [-0.3, -0.25) is 14.9 Å². The van der Waals surface area contributed by atoms with Crippen molar-refractivity contribution in [3.05, 3.63) is 95.1 Å². The Morgan fingerprint density at radius 1 is 0.943 bits per heavy atom. The summed E-state index contributed by atoms with van der Waals surface area (Å²) < 4.78 is 24.7. The molecular formula is C28H27N3O4. The van der Waals surface area contributed by atoms with Crippen LogP contribution in [0.3, 0.4) is 0 Å². The van der Waals surface area contributed by atoms with E-state index in [1.807, 2.05) is 30.6 Å². The number of aromatic nitrogens is 2. The summed E-state index contributed by atoms with van der Waals surface area (Å²) in [6.45, 7) is 3.22. The van der Waals surface area contributed by atoms with E-state index in [-0.39, 0.29) is 24.9 Å². The average Bonchev–Trinajstić information content (AvgIpc) is 3.53. The molecule has 0 spiro atoms. The average molecular weight is 470 g/mol. The molecule has 7 nitrogen and oxygen atoms in total. The number of benzene rings is 1. The molecule has 2 aromatic heterocycles. The van der Waals surface area contributed by atoms with Crippen molar-refractivity contribution in [3.63, 3.8) is 0 Å². The number of hydrogen-bond donors (Lipinski definition) is 0. The number of ether oxygens (including phenoxy) is 4. The van der Waals surface area contributed by atoms with Crippen molar-refractivity contribution in [1.82, 2.24) is 14.9 Å². The van der Waals surface area contributed by atoms with Gasteiger partial charge in [0.15, 0.2) is 11.5 Å². The van der Waals surface area contributed by atoms with Gasteiger partial charge in [0, 0.05) is 49.8 Å². The van der Waals surface area contributed by atoms with Crippen LogP contribution in [-0.2, 0) is 29.2 Å². The molecule has 0 amide bonds. The molecule has 0 unspecified atom stereocenters. The molecule has 4 atom stereocenters. The van der Waals surface area contributed by atoms with Crippen LogP contribution in [0.1, 0.15) is 34.6 Å². The Morgan fingerprint density at radius 3 is 2.43 bits per heavy atom. The maximum Gasteiger partial charge on any atom is 0.231 e. The van der Waals surface area contributed by atoms with Gasteiger partial charge in [0.25, 0.3) is 0 Å². The van der Waals surface area contributed by atoms with Gasteiger partial charge in [0.05, 0.1) is 19.3 Å². The van der Waals surface area contributed by atoms with E-state index in [1.165, 1.54) is 16.7 Å². The fourth-order valence-electron chi connectivity index (χ4n) is 6.01. The van der Waals surface area contributed by atoms with Crippen LogP contribution in [0, 0.1) is 0 Å². The third-order valence-electron chi connectivity index (χ3n) is 7.55. The zero-order valence-corrected chi connectivity index (χ0v) is 19.4. The Morgan fingerprint density at radius 2 is 1.69 bits per heavy atom. The summed E-state index contributed by atoms with van der Waals surface area (Å²) >= 11 is 0. The van der Waals surface area contributed by atoms with Gasteiger partial charge in [-0.05, 0) is 52.9 Å². The Bertz CT molecular complexity index is 1250. The van der Waals surface area contributed by atoms with Gasteiger partial charge in [0.1, 0.15) is 6.10 Å². The summed E-state index contributed by atoms with van der Waals surface area (Å²) in [7, 11) is 0. The fraction of sp³-hybridized carbons (Fsp3) is 0.357. The first-order valence-electron chi connectivity index (χ1n) is 12.2. The normalized spacial score (nSPS) is 26.2. The Kier molecular flexibility index (Phi) is 5.26. The van der Waals surface area contributed by atoms with Crippen molar-refractivity contribution in [2.45, 2.75) is 50.3 Å². The van der Waals surface area contributed by atoms with Gasteiger partial charge in [-0.15, -0.1) is 0 Å². The summed E-state index contributed by atoms with van der Waals surface area (Å²) in [5.74, 6) is 1.81. The second-order valence-electron chi connectivity index (χ2n) is 9.61. The number of hydrogen-bond acceptors (Lipinski definition) is 7. The minimum absolute atomic E-state index is 0.145. The molecule has 1 fully saturated rings. The van der Waals surface area contributed by atoms with E-state index < -0.39 is 0 Å². The summed E-state index contributed by atoms with van der Waals surface area (Å²) in [4.78, 5) is 11.1. The maximum atomic E-state index is 6.72. The number of pyridine rings is 2. The highest BCUT2D eigenvalue weighted by Gasteiger charge is 2.50. The van der Waals surface area contributed by atoms with Crippen LogP contribution in [0.25, 0.3) is 0 Å². The predicted molar refractivity (Wildman–Crippen MR) is 128 cm³/mol. The van der Waals surface area contributed by atoms with Crippen LogP contribution in [0.15, 0.2) is 72.8 Å². The predicted octanol–water partition coefficient (Wildman–Crippen LogP) is 3.99. The van der Waals surface area contributed by atoms with Gasteiger partial charge in [-0.2, -0.15) is 0 Å². The van der Waals surface area contributed by atoms with Gasteiger partial charge >= 0.3 is 0 Å². The van der Waals surface area contributed by atoms with Crippen molar-refractivity contribution in [3.8, 4) is 11.5 Å². The maximum absolute atomic E-state index is 6.72. The summed E-state index contributed by atoms with van der Waals surface area (Å²) in [6.07, 6.45) is 10.4. The van der Waals surface area contributed by atoms with E-state index in [9.17, 15) is 0 Å². The first-order valence-corrected chi connectivity index (χ1v) is 12.2. The zero-order chi connectivity index (χ0) is 23.2. The summed E-state index contributed by atoms with van der Waals surface area (Å²) in [5, 5.41) is 0. The Balaban J connectivity index is 1.27. The second-order valence-corrected chi connectivity index (χ2v) is 9.61. The highest BCUT2D eigenvalue weighted by molar-refractivity contribution is 5.53. The molecule has 4 aliphatic rings. The third kappa shape index (κ3) is 3.80. The van der Waals surface area contributed by atoms with Crippen LogP contribution >= 0.6 is 0 Å². The van der Waals surface area contributed by atoms with Gasteiger partial charge in [-0.1, -0.05) is 23.8 Å². The second kappa shape index (κ2) is 8.75. The first-order chi connectivity index (χ1) is 17.3.